The Bertz CT molecular complexity index is 835. The lowest BCUT2D eigenvalue weighted by Gasteiger charge is -2.15. The van der Waals surface area contributed by atoms with Crippen LogP contribution >= 0.6 is 11.3 Å². The number of thiophene rings is 1. The Kier molecular flexibility index (Phi) is 5.31. The summed E-state index contributed by atoms with van der Waals surface area (Å²) >= 11 is 1.60. The number of nitrogens with one attached hydrogen (secondary N) is 1. The molecular formula is C17H23N3O3S2. The van der Waals surface area contributed by atoms with Crippen molar-refractivity contribution in [1.29, 1.82) is 0 Å². The number of hydrogen-bond acceptors (Lipinski definition) is 4. The molecule has 0 radical (unpaired) electrons. The minimum atomic E-state index is -3.52. The topological polar surface area (TPSA) is 71.4 Å². The van der Waals surface area contributed by atoms with Gasteiger partial charge >= 0.3 is 0 Å². The number of aromatic nitrogens is 1. The van der Waals surface area contributed by atoms with Gasteiger partial charge in [-0.25, -0.2) is 8.42 Å². The van der Waals surface area contributed by atoms with Gasteiger partial charge in [0.05, 0.1) is 6.04 Å². The molecule has 136 valence electrons. The van der Waals surface area contributed by atoms with Crippen LogP contribution in [-0.2, 0) is 17.1 Å². The van der Waals surface area contributed by atoms with Crippen LogP contribution in [0, 0.1) is 0 Å². The van der Waals surface area contributed by atoms with Gasteiger partial charge in [-0.15, -0.1) is 11.3 Å². The van der Waals surface area contributed by atoms with Crippen LogP contribution in [0.2, 0.25) is 0 Å². The smallest absolute Gasteiger partial charge is 0.268 e. The second kappa shape index (κ2) is 7.31. The summed E-state index contributed by atoms with van der Waals surface area (Å²) in [6.45, 7) is 3.11. The first kappa shape index (κ1) is 18.2. The molecule has 6 nitrogen and oxygen atoms in total. The molecule has 0 bridgehead atoms. The van der Waals surface area contributed by atoms with E-state index in [1.165, 1.54) is 16.6 Å². The zero-order valence-corrected chi connectivity index (χ0v) is 16.1. The fraction of sp³-hybridized carbons (Fsp3) is 0.471. The standard InChI is InChI=1S/C17H23N3O3S2/c1-3-14(16-7-6-10-24-16)18-17(21)15-11-13(12-19(15)2)25(22,23)20-8-4-5-9-20/h6-7,10-12,14H,3-5,8-9H2,1-2H3,(H,18,21). The summed E-state index contributed by atoms with van der Waals surface area (Å²) in [6.07, 6.45) is 4.07. The molecule has 0 spiro atoms. The third kappa shape index (κ3) is 3.65. The van der Waals surface area contributed by atoms with E-state index < -0.39 is 10.0 Å². The number of rotatable bonds is 6. The van der Waals surface area contributed by atoms with E-state index in [1.807, 2.05) is 24.4 Å². The summed E-state index contributed by atoms with van der Waals surface area (Å²) in [5.41, 5.74) is 0.354. The van der Waals surface area contributed by atoms with Crippen molar-refractivity contribution < 1.29 is 13.2 Å². The molecule has 0 aliphatic carbocycles. The first-order valence-corrected chi connectivity index (χ1v) is 10.8. The van der Waals surface area contributed by atoms with Gasteiger partial charge in [-0.1, -0.05) is 13.0 Å². The van der Waals surface area contributed by atoms with Gasteiger partial charge in [0.25, 0.3) is 5.91 Å². The molecule has 3 heterocycles. The third-order valence-corrected chi connectivity index (χ3v) is 7.37. The van der Waals surface area contributed by atoms with Crippen molar-refractivity contribution in [3.8, 4) is 0 Å². The molecule has 1 N–H and O–H groups in total. The molecule has 0 aromatic carbocycles. The lowest BCUT2D eigenvalue weighted by molar-refractivity contribution is 0.0928. The number of carbonyl (C=O) groups is 1. The zero-order valence-electron chi connectivity index (χ0n) is 14.4. The van der Waals surface area contributed by atoms with Gasteiger partial charge < -0.3 is 9.88 Å². The van der Waals surface area contributed by atoms with Gasteiger partial charge in [0.2, 0.25) is 10.0 Å². The normalized spacial score (nSPS) is 16.9. The number of aryl methyl sites for hydroxylation is 1. The number of nitrogens with zero attached hydrogens (tertiary/aromatic N) is 2. The summed E-state index contributed by atoms with van der Waals surface area (Å²) in [5, 5.41) is 4.98. The lowest BCUT2D eigenvalue weighted by atomic mass is 10.2. The SMILES string of the molecule is CCC(NC(=O)c1cc(S(=O)(=O)N2CCCC2)cn1C)c1cccs1. The Morgan fingerprint density at radius 3 is 2.68 bits per heavy atom. The summed E-state index contributed by atoms with van der Waals surface area (Å²) in [7, 11) is -1.82. The van der Waals surface area contributed by atoms with Crippen molar-refractivity contribution in [2.24, 2.45) is 7.05 Å². The van der Waals surface area contributed by atoms with Gasteiger partial charge in [-0.3, -0.25) is 4.79 Å². The summed E-state index contributed by atoms with van der Waals surface area (Å²) < 4.78 is 28.4. The Labute approximate surface area is 152 Å². The Morgan fingerprint density at radius 2 is 2.08 bits per heavy atom. The Morgan fingerprint density at radius 1 is 1.36 bits per heavy atom. The van der Waals surface area contributed by atoms with Gasteiger partial charge in [-0.2, -0.15) is 4.31 Å². The van der Waals surface area contributed by atoms with Crippen LogP contribution in [0.1, 0.15) is 47.6 Å². The quantitative estimate of drug-likeness (QED) is 0.836. The third-order valence-electron chi connectivity index (χ3n) is 4.52. The van der Waals surface area contributed by atoms with Gasteiger partial charge in [-0.05, 0) is 36.8 Å². The second-order valence-electron chi connectivity index (χ2n) is 6.23. The average Bonchev–Trinajstić information content (AvgIpc) is 3.32. The van der Waals surface area contributed by atoms with E-state index >= 15 is 0 Å². The predicted molar refractivity (Wildman–Crippen MR) is 98.2 cm³/mol. The molecule has 1 unspecified atom stereocenters. The van der Waals surface area contributed by atoms with E-state index in [0.29, 0.717) is 18.8 Å². The van der Waals surface area contributed by atoms with Crippen LogP contribution in [0.5, 0.6) is 0 Å². The van der Waals surface area contributed by atoms with Crippen LogP contribution in [0.15, 0.2) is 34.7 Å². The molecular weight excluding hydrogens is 358 g/mol. The number of amides is 1. The van der Waals surface area contributed by atoms with Crippen molar-refractivity contribution in [3.63, 3.8) is 0 Å². The van der Waals surface area contributed by atoms with Gasteiger partial charge in [0.15, 0.2) is 0 Å². The van der Waals surface area contributed by atoms with Crippen LogP contribution in [0.4, 0.5) is 0 Å². The number of hydrogen-bond donors (Lipinski definition) is 1. The first-order chi connectivity index (χ1) is 11.9. The molecule has 1 atom stereocenters. The molecule has 25 heavy (non-hydrogen) atoms. The van der Waals surface area contributed by atoms with Crippen LogP contribution < -0.4 is 5.32 Å². The average molecular weight is 382 g/mol. The zero-order chi connectivity index (χ0) is 18.0. The van der Waals surface area contributed by atoms with E-state index in [4.69, 9.17) is 0 Å². The summed E-state index contributed by atoms with van der Waals surface area (Å²) in [5.74, 6) is -0.259. The predicted octanol–water partition coefficient (Wildman–Crippen LogP) is 2.75. The van der Waals surface area contributed by atoms with E-state index in [1.54, 1.807) is 23.0 Å². The van der Waals surface area contributed by atoms with Crippen molar-refractivity contribution in [3.05, 3.63) is 40.3 Å². The van der Waals surface area contributed by atoms with Gasteiger partial charge in [0.1, 0.15) is 10.6 Å². The summed E-state index contributed by atoms with van der Waals surface area (Å²) in [6, 6.07) is 5.36. The van der Waals surface area contributed by atoms with E-state index in [2.05, 4.69) is 5.32 Å². The Balaban J connectivity index is 1.81. The van der Waals surface area contributed by atoms with Crippen LogP contribution in [-0.4, -0.2) is 36.3 Å². The molecule has 1 saturated heterocycles. The molecule has 2 aromatic rings. The molecule has 3 rings (SSSR count). The highest BCUT2D eigenvalue weighted by Gasteiger charge is 2.29. The highest BCUT2D eigenvalue weighted by atomic mass is 32.2. The van der Waals surface area contributed by atoms with E-state index in [-0.39, 0.29) is 16.8 Å². The van der Waals surface area contributed by atoms with Crippen LogP contribution in [0.25, 0.3) is 0 Å². The maximum Gasteiger partial charge on any atom is 0.268 e. The maximum absolute atomic E-state index is 12.7. The molecule has 1 amide bonds. The summed E-state index contributed by atoms with van der Waals surface area (Å²) in [4.78, 5) is 13.9. The highest BCUT2D eigenvalue weighted by Crippen LogP contribution is 2.24. The van der Waals surface area contributed by atoms with Crippen LogP contribution in [0.3, 0.4) is 0 Å². The largest absolute Gasteiger partial charge is 0.345 e. The molecule has 2 aromatic heterocycles. The van der Waals surface area contributed by atoms with E-state index in [9.17, 15) is 13.2 Å². The molecule has 1 fully saturated rings. The number of carbonyl (C=O) groups excluding carboxylic acids is 1. The van der Waals surface area contributed by atoms with Crippen molar-refractivity contribution >= 4 is 27.3 Å². The minimum absolute atomic E-state index is 0.0685. The molecule has 1 aliphatic heterocycles. The Hall–Kier alpha value is -1.64. The fourth-order valence-corrected chi connectivity index (χ4v) is 5.52. The lowest BCUT2D eigenvalue weighted by Crippen LogP contribution is -2.29. The van der Waals surface area contributed by atoms with Gasteiger partial charge in [0, 0.05) is 31.2 Å². The minimum Gasteiger partial charge on any atom is -0.345 e. The molecule has 0 saturated carbocycles. The fourth-order valence-electron chi connectivity index (χ4n) is 3.07. The molecule has 1 aliphatic rings. The van der Waals surface area contributed by atoms with Crippen molar-refractivity contribution in [1.82, 2.24) is 14.2 Å². The monoisotopic (exact) mass is 381 g/mol. The van der Waals surface area contributed by atoms with Crippen molar-refractivity contribution in [2.75, 3.05) is 13.1 Å². The maximum atomic E-state index is 12.7. The second-order valence-corrected chi connectivity index (χ2v) is 9.15. The van der Waals surface area contributed by atoms with Crippen molar-refractivity contribution in [2.45, 2.75) is 37.1 Å². The highest BCUT2D eigenvalue weighted by molar-refractivity contribution is 7.89. The molecule has 8 heteroatoms. The number of sulfonamides is 1. The van der Waals surface area contributed by atoms with E-state index in [0.717, 1.165) is 24.1 Å². The first-order valence-electron chi connectivity index (χ1n) is 8.44.